The molecule has 0 amide bonds. The van der Waals surface area contributed by atoms with Crippen molar-refractivity contribution in [3.05, 3.63) is 58.8 Å². The third kappa shape index (κ3) is 2.27. The van der Waals surface area contributed by atoms with Crippen LogP contribution in [0.2, 0.25) is 0 Å². The number of benzene rings is 1. The maximum Gasteiger partial charge on any atom is 0.303 e. The van der Waals surface area contributed by atoms with Crippen LogP contribution in [0.3, 0.4) is 0 Å². The van der Waals surface area contributed by atoms with Crippen LogP contribution >= 0.6 is 0 Å². The molecule has 0 saturated carbocycles. The van der Waals surface area contributed by atoms with E-state index in [1.807, 2.05) is 19.1 Å². The van der Waals surface area contributed by atoms with Gasteiger partial charge in [0.05, 0.1) is 11.0 Å². The number of esters is 1. The van der Waals surface area contributed by atoms with Crippen LogP contribution in [0.4, 0.5) is 0 Å². The highest BCUT2D eigenvalue weighted by molar-refractivity contribution is 5.83. The Morgan fingerprint density at radius 1 is 1.30 bits per heavy atom. The van der Waals surface area contributed by atoms with Crippen molar-refractivity contribution < 1.29 is 9.53 Å². The Morgan fingerprint density at radius 2 is 2.13 bits per heavy atom. The van der Waals surface area contributed by atoms with E-state index in [-0.39, 0.29) is 12.1 Å². The van der Waals surface area contributed by atoms with Gasteiger partial charge in [0.25, 0.3) is 0 Å². The average Bonchev–Trinajstić information content (AvgIpc) is 2.92. The minimum Gasteiger partial charge on any atom is -0.458 e. The number of aromatic nitrogens is 1. The zero-order valence-electron chi connectivity index (χ0n) is 13.2. The molecule has 1 aromatic carbocycles. The average molecular weight is 306 g/mol. The predicted molar refractivity (Wildman–Crippen MR) is 90.6 cm³/mol. The van der Waals surface area contributed by atoms with Gasteiger partial charge in [0.2, 0.25) is 0 Å². The van der Waals surface area contributed by atoms with Crippen molar-refractivity contribution >= 4 is 28.6 Å². The molecule has 0 spiro atoms. The Balaban J connectivity index is 1.80. The van der Waals surface area contributed by atoms with E-state index in [0.29, 0.717) is 0 Å². The number of para-hydroxylation sites is 1. The Hall–Kier alpha value is -2.75. The molecule has 2 aliphatic heterocycles. The van der Waals surface area contributed by atoms with Crippen molar-refractivity contribution in [2.24, 2.45) is 0 Å². The van der Waals surface area contributed by atoms with E-state index < -0.39 is 0 Å². The lowest BCUT2D eigenvalue weighted by Crippen LogP contribution is -2.38. The maximum atomic E-state index is 11.1. The molecular formula is C19H18N2O2. The number of aromatic amines is 1. The van der Waals surface area contributed by atoms with E-state index in [0.717, 1.165) is 28.7 Å². The fourth-order valence-corrected chi connectivity index (χ4v) is 3.27. The van der Waals surface area contributed by atoms with Gasteiger partial charge in [-0.1, -0.05) is 30.4 Å². The number of nitrogens with one attached hydrogen (secondary N) is 1. The van der Waals surface area contributed by atoms with Gasteiger partial charge in [-0.3, -0.25) is 4.79 Å². The first-order valence-corrected chi connectivity index (χ1v) is 7.78. The number of carbonyl (C=O) groups excluding carboxylic acids is 1. The van der Waals surface area contributed by atoms with Crippen LogP contribution < -0.4 is 10.6 Å². The first-order chi connectivity index (χ1) is 11.1. The number of hydrogen-bond acceptors (Lipinski definition) is 3. The Bertz CT molecular complexity index is 978. The number of fused-ring (bicyclic) bond motifs is 4. The lowest BCUT2D eigenvalue weighted by atomic mass is 10.1. The highest BCUT2D eigenvalue weighted by Crippen LogP contribution is 2.22. The minimum absolute atomic E-state index is 0.241. The summed E-state index contributed by atoms with van der Waals surface area (Å²) in [5.41, 5.74) is 3.30. The number of carbonyl (C=O) groups is 1. The molecule has 1 unspecified atom stereocenters. The molecule has 0 radical (unpaired) electrons. The number of rotatable bonds is 2. The largest absolute Gasteiger partial charge is 0.458 e. The summed E-state index contributed by atoms with van der Waals surface area (Å²) in [6.07, 6.45) is 8.18. The molecule has 0 fully saturated rings. The van der Waals surface area contributed by atoms with Crippen molar-refractivity contribution in [2.45, 2.75) is 20.0 Å². The van der Waals surface area contributed by atoms with Crippen LogP contribution in [-0.4, -0.2) is 28.5 Å². The van der Waals surface area contributed by atoms with Crippen molar-refractivity contribution in [3.63, 3.8) is 0 Å². The molecule has 3 heterocycles. The fraction of sp³-hybridized carbons (Fsp3) is 0.211. The summed E-state index contributed by atoms with van der Waals surface area (Å²) in [7, 11) is 0. The zero-order valence-corrected chi connectivity index (χ0v) is 13.2. The number of nitrogens with zero attached hydrogens (tertiary/aromatic N) is 1. The van der Waals surface area contributed by atoms with Crippen molar-refractivity contribution in [2.75, 3.05) is 6.54 Å². The van der Waals surface area contributed by atoms with Crippen LogP contribution in [0, 0.1) is 0 Å². The van der Waals surface area contributed by atoms with E-state index >= 15 is 0 Å². The standard InChI is InChI=1S/C19H18N2O2/c1-12(23-13(2)22)14-7-8-18-19-16(9-10-21(18)11-14)15-5-3-4-6-17(15)20-19/h3-9,11-12,20H,10H2,1-2H3. The van der Waals surface area contributed by atoms with Gasteiger partial charge in [-0.05, 0) is 19.1 Å². The summed E-state index contributed by atoms with van der Waals surface area (Å²) in [4.78, 5) is 16.8. The molecule has 116 valence electrons. The predicted octanol–water partition coefficient (Wildman–Crippen LogP) is 1.78. The maximum absolute atomic E-state index is 11.1. The molecule has 1 N–H and O–H groups in total. The first kappa shape index (κ1) is 13.9. The number of ether oxygens (including phenoxy) is 1. The smallest absolute Gasteiger partial charge is 0.303 e. The van der Waals surface area contributed by atoms with Gasteiger partial charge in [0.15, 0.2) is 0 Å². The number of hydrogen-bond donors (Lipinski definition) is 1. The van der Waals surface area contributed by atoms with E-state index in [1.54, 1.807) is 0 Å². The Labute approximate surface area is 134 Å². The minimum atomic E-state index is -0.260. The zero-order chi connectivity index (χ0) is 16.0. The second-order valence-electron chi connectivity index (χ2n) is 5.92. The summed E-state index contributed by atoms with van der Waals surface area (Å²) in [6, 6.07) is 8.36. The van der Waals surface area contributed by atoms with Crippen LogP contribution in [-0.2, 0) is 9.53 Å². The third-order valence-corrected chi connectivity index (χ3v) is 4.35. The van der Waals surface area contributed by atoms with Gasteiger partial charge in [-0.25, -0.2) is 0 Å². The quantitative estimate of drug-likeness (QED) is 0.860. The van der Waals surface area contributed by atoms with E-state index in [2.05, 4.69) is 46.4 Å². The summed E-state index contributed by atoms with van der Waals surface area (Å²) in [5.74, 6) is -0.260. The molecule has 1 atom stereocenters. The van der Waals surface area contributed by atoms with Gasteiger partial charge in [0.1, 0.15) is 6.10 Å². The molecule has 2 aromatic rings. The van der Waals surface area contributed by atoms with Gasteiger partial charge < -0.3 is 14.6 Å². The van der Waals surface area contributed by atoms with Gasteiger partial charge in [0, 0.05) is 41.4 Å². The third-order valence-electron chi connectivity index (χ3n) is 4.35. The van der Waals surface area contributed by atoms with Crippen LogP contribution in [0.5, 0.6) is 0 Å². The second-order valence-corrected chi connectivity index (χ2v) is 5.92. The highest BCUT2D eigenvalue weighted by atomic mass is 16.5. The monoisotopic (exact) mass is 306 g/mol. The molecule has 1 aromatic heterocycles. The van der Waals surface area contributed by atoms with Gasteiger partial charge >= 0.3 is 5.97 Å². The topological polar surface area (TPSA) is 45.3 Å². The lowest BCUT2D eigenvalue weighted by Gasteiger charge is -2.28. The molecule has 4 rings (SSSR count). The molecule has 2 aliphatic rings. The summed E-state index contributed by atoms with van der Waals surface area (Å²) in [6.45, 7) is 4.14. The molecule has 0 saturated heterocycles. The highest BCUT2D eigenvalue weighted by Gasteiger charge is 2.19. The Kier molecular flexibility index (Phi) is 3.11. The molecule has 4 nitrogen and oxygen atoms in total. The SMILES string of the molecule is CC(=O)OC(C)C1=CN2CC=c3c([nH]c4ccccc34)=C2C=C1. The van der Waals surface area contributed by atoms with E-state index in [4.69, 9.17) is 4.74 Å². The van der Waals surface area contributed by atoms with Gasteiger partial charge in [-0.2, -0.15) is 0 Å². The van der Waals surface area contributed by atoms with Gasteiger partial charge in [-0.15, -0.1) is 0 Å². The summed E-state index contributed by atoms with van der Waals surface area (Å²) < 4.78 is 5.27. The van der Waals surface area contributed by atoms with E-state index in [1.165, 1.54) is 17.5 Å². The van der Waals surface area contributed by atoms with Crippen molar-refractivity contribution in [1.29, 1.82) is 0 Å². The van der Waals surface area contributed by atoms with Crippen LogP contribution in [0.1, 0.15) is 13.8 Å². The lowest BCUT2D eigenvalue weighted by molar-refractivity contribution is -0.143. The molecular weight excluding hydrogens is 288 g/mol. The second kappa shape index (κ2) is 5.16. The summed E-state index contributed by atoms with van der Waals surface area (Å²) in [5, 5.41) is 3.66. The number of H-pyrrole nitrogens is 1. The molecule has 23 heavy (non-hydrogen) atoms. The first-order valence-electron chi connectivity index (χ1n) is 7.78. The molecule has 0 aliphatic carbocycles. The molecule has 0 bridgehead atoms. The normalized spacial score (nSPS) is 17.2. The molecule has 4 heteroatoms. The summed E-state index contributed by atoms with van der Waals surface area (Å²) >= 11 is 0. The fourth-order valence-electron chi connectivity index (χ4n) is 3.27. The van der Waals surface area contributed by atoms with Crippen molar-refractivity contribution in [1.82, 2.24) is 9.88 Å². The van der Waals surface area contributed by atoms with Crippen LogP contribution in [0.15, 0.2) is 48.2 Å². The van der Waals surface area contributed by atoms with Crippen molar-refractivity contribution in [3.8, 4) is 0 Å². The Morgan fingerprint density at radius 3 is 2.96 bits per heavy atom. The van der Waals surface area contributed by atoms with E-state index in [9.17, 15) is 4.79 Å². The van der Waals surface area contributed by atoms with Crippen LogP contribution in [0.25, 0.3) is 22.7 Å².